The maximum Gasteiger partial charge on any atom is 0.407 e. The number of alkyl carbamates (subject to hydrolysis) is 1. The summed E-state index contributed by atoms with van der Waals surface area (Å²) < 4.78 is 5.15. The Balaban J connectivity index is 2.37. The van der Waals surface area contributed by atoms with E-state index in [0.717, 1.165) is 11.4 Å². The molecule has 0 aliphatic heterocycles. The molecule has 5 nitrogen and oxygen atoms in total. The highest BCUT2D eigenvalue weighted by atomic mass is 35.5. The SMILES string of the molecule is CN(C)c1ccc(NCCNC(=O)OC(C)(C)C)cc1Cl. The van der Waals surface area contributed by atoms with Gasteiger partial charge in [0.1, 0.15) is 5.60 Å². The summed E-state index contributed by atoms with van der Waals surface area (Å²) in [4.78, 5) is 13.4. The molecule has 0 aromatic heterocycles. The highest BCUT2D eigenvalue weighted by Crippen LogP contribution is 2.27. The van der Waals surface area contributed by atoms with Crippen LogP contribution in [0.5, 0.6) is 0 Å². The van der Waals surface area contributed by atoms with Crippen LogP contribution in [-0.2, 0) is 4.74 Å². The maximum atomic E-state index is 11.5. The molecule has 1 amide bonds. The van der Waals surface area contributed by atoms with Crippen LogP contribution in [0.2, 0.25) is 5.02 Å². The number of ether oxygens (including phenoxy) is 1. The summed E-state index contributed by atoms with van der Waals surface area (Å²) in [5, 5.41) is 6.57. The number of anilines is 2. The van der Waals surface area contributed by atoms with Crippen molar-refractivity contribution in [2.45, 2.75) is 26.4 Å². The average molecular weight is 314 g/mol. The van der Waals surface area contributed by atoms with E-state index in [0.29, 0.717) is 18.1 Å². The Bertz CT molecular complexity index is 484. The predicted molar refractivity (Wildman–Crippen MR) is 88.5 cm³/mol. The molecule has 0 heterocycles. The van der Waals surface area contributed by atoms with Gasteiger partial charge >= 0.3 is 6.09 Å². The van der Waals surface area contributed by atoms with Gasteiger partial charge in [0, 0.05) is 32.9 Å². The number of halogens is 1. The van der Waals surface area contributed by atoms with Gasteiger partial charge in [-0.1, -0.05) is 11.6 Å². The normalized spacial score (nSPS) is 11.0. The fourth-order valence-electron chi connectivity index (χ4n) is 1.67. The van der Waals surface area contributed by atoms with Crippen molar-refractivity contribution >= 4 is 29.1 Å². The monoisotopic (exact) mass is 313 g/mol. The second kappa shape index (κ2) is 7.41. The van der Waals surface area contributed by atoms with Crippen LogP contribution >= 0.6 is 11.6 Å². The summed E-state index contributed by atoms with van der Waals surface area (Å²) in [5.74, 6) is 0. The van der Waals surface area contributed by atoms with Crippen LogP contribution in [0, 0.1) is 0 Å². The molecule has 1 aromatic carbocycles. The number of rotatable bonds is 5. The van der Waals surface area contributed by atoms with E-state index in [-0.39, 0.29) is 0 Å². The van der Waals surface area contributed by atoms with Gasteiger partial charge in [-0.15, -0.1) is 0 Å². The van der Waals surface area contributed by atoms with E-state index >= 15 is 0 Å². The first kappa shape index (κ1) is 17.4. The van der Waals surface area contributed by atoms with E-state index < -0.39 is 11.7 Å². The third-order valence-electron chi connectivity index (χ3n) is 2.55. The molecule has 0 unspecified atom stereocenters. The molecule has 0 fully saturated rings. The van der Waals surface area contributed by atoms with Gasteiger partial charge in [0.2, 0.25) is 0 Å². The molecule has 0 saturated heterocycles. The number of carbonyl (C=O) groups excluding carboxylic acids is 1. The van der Waals surface area contributed by atoms with E-state index in [2.05, 4.69) is 10.6 Å². The lowest BCUT2D eigenvalue weighted by Crippen LogP contribution is -2.34. The predicted octanol–water partition coefficient (Wildman–Crippen LogP) is 3.34. The van der Waals surface area contributed by atoms with Crippen molar-refractivity contribution < 1.29 is 9.53 Å². The maximum absolute atomic E-state index is 11.5. The van der Waals surface area contributed by atoms with Crippen molar-refractivity contribution in [3.05, 3.63) is 23.2 Å². The van der Waals surface area contributed by atoms with Crippen LogP contribution < -0.4 is 15.5 Å². The number of hydrogen-bond acceptors (Lipinski definition) is 4. The summed E-state index contributed by atoms with van der Waals surface area (Å²) in [6.45, 7) is 6.57. The average Bonchev–Trinajstić information content (AvgIpc) is 2.32. The molecular weight excluding hydrogens is 290 g/mol. The smallest absolute Gasteiger partial charge is 0.407 e. The lowest BCUT2D eigenvalue weighted by Gasteiger charge is -2.20. The zero-order valence-electron chi connectivity index (χ0n) is 13.3. The van der Waals surface area contributed by atoms with Crippen molar-refractivity contribution in [2.75, 3.05) is 37.4 Å². The minimum absolute atomic E-state index is 0.412. The van der Waals surface area contributed by atoms with Crippen LogP contribution in [0.25, 0.3) is 0 Å². The molecule has 21 heavy (non-hydrogen) atoms. The van der Waals surface area contributed by atoms with E-state index in [1.54, 1.807) is 0 Å². The van der Waals surface area contributed by atoms with Crippen molar-refractivity contribution in [2.24, 2.45) is 0 Å². The lowest BCUT2D eigenvalue weighted by atomic mass is 10.2. The highest BCUT2D eigenvalue weighted by molar-refractivity contribution is 6.33. The first-order valence-electron chi connectivity index (χ1n) is 6.86. The molecule has 0 radical (unpaired) electrons. The largest absolute Gasteiger partial charge is 0.444 e. The second-order valence-electron chi connectivity index (χ2n) is 5.92. The van der Waals surface area contributed by atoms with E-state index in [9.17, 15) is 4.79 Å². The molecule has 2 N–H and O–H groups in total. The summed E-state index contributed by atoms with van der Waals surface area (Å²) in [6.07, 6.45) is -0.412. The quantitative estimate of drug-likeness (QED) is 0.819. The number of benzene rings is 1. The third kappa shape index (κ3) is 6.58. The molecule has 0 aliphatic rings. The molecule has 118 valence electrons. The van der Waals surface area contributed by atoms with E-state index in [1.165, 1.54) is 0 Å². The summed E-state index contributed by atoms with van der Waals surface area (Å²) in [7, 11) is 3.89. The van der Waals surface area contributed by atoms with Crippen LogP contribution in [0.3, 0.4) is 0 Å². The topological polar surface area (TPSA) is 53.6 Å². The molecular formula is C15H24ClN3O2. The van der Waals surface area contributed by atoms with Gasteiger partial charge in [0.25, 0.3) is 0 Å². The first-order valence-corrected chi connectivity index (χ1v) is 7.24. The summed E-state index contributed by atoms with van der Waals surface area (Å²) in [5.41, 5.74) is 1.40. The minimum Gasteiger partial charge on any atom is -0.444 e. The molecule has 1 rings (SSSR count). The Morgan fingerprint density at radius 1 is 1.29 bits per heavy atom. The van der Waals surface area contributed by atoms with Gasteiger partial charge in [-0.2, -0.15) is 0 Å². The summed E-state index contributed by atoms with van der Waals surface area (Å²) >= 11 is 6.19. The molecule has 0 saturated carbocycles. The summed E-state index contributed by atoms with van der Waals surface area (Å²) in [6, 6.07) is 5.77. The van der Waals surface area contributed by atoms with Crippen molar-refractivity contribution in [3.63, 3.8) is 0 Å². The Morgan fingerprint density at radius 3 is 2.48 bits per heavy atom. The van der Waals surface area contributed by atoms with Crippen LogP contribution in [0.15, 0.2) is 18.2 Å². The Labute approximate surface area is 131 Å². The van der Waals surface area contributed by atoms with Crippen LogP contribution in [0.1, 0.15) is 20.8 Å². The first-order chi connectivity index (χ1) is 9.69. The molecule has 1 aromatic rings. The van der Waals surface area contributed by atoms with Gasteiger partial charge in [-0.05, 0) is 39.0 Å². The molecule has 6 heteroatoms. The lowest BCUT2D eigenvalue weighted by molar-refractivity contribution is 0.0530. The van der Waals surface area contributed by atoms with Crippen LogP contribution in [0.4, 0.5) is 16.2 Å². The highest BCUT2D eigenvalue weighted by Gasteiger charge is 2.15. The Hall–Kier alpha value is -1.62. The number of nitrogens with zero attached hydrogens (tertiary/aromatic N) is 1. The minimum atomic E-state index is -0.479. The molecule has 0 spiro atoms. The Kier molecular flexibility index (Phi) is 6.15. The zero-order chi connectivity index (χ0) is 16.0. The standard InChI is InChI=1S/C15H24ClN3O2/c1-15(2,3)21-14(20)18-9-8-17-11-6-7-13(19(4)5)12(16)10-11/h6-7,10,17H,8-9H2,1-5H3,(H,18,20). The second-order valence-corrected chi connectivity index (χ2v) is 6.32. The number of nitrogens with one attached hydrogen (secondary N) is 2. The van der Waals surface area contributed by atoms with Gasteiger partial charge in [-0.3, -0.25) is 0 Å². The van der Waals surface area contributed by atoms with E-state index in [4.69, 9.17) is 16.3 Å². The Morgan fingerprint density at radius 2 is 1.95 bits per heavy atom. The number of amides is 1. The molecule has 0 bridgehead atoms. The fraction of sp³-hybridized carbons (Fsp3) is 0.533. The van der Waals surface area contributed by atoms with Gasteiger partial charge in [-0.25, -0.2) is 4.79 Å². The molecule has 0 aliphatic carbocycles. The van der Waals surface area contributed by atoms with Crippen molar-refractivity contribution in [3.8, 4) is 0 Å². The number of hydrogen-bond donors (Lipinski definition) is 2. The number of carbonyl (C=O) groups is 1. The van der Waals surface area contributed by atoms with Gasteiger partial charge in [0.15, 0.2) is 0 Å². The fourth-order valence-corrected chi connectivity index (χ4v) is 2.01. The van der Waals surface area contributed by atoms with Crippen molar-refractivity contribution in [1.29, 1.82) is 0 Å². The van der Waals surface area contributed by atoms with Crippen LogP contribution in [-0.4, -0.2) is 38.9 Å². The van der Waals surface area contributed by atoms with Gasteiger partial charge in [0.05, 0.1) is 10.7 Å². The van der Waals surface area contributed by atoms with E-state index in [1.807, 2.05) is 58.0 Å². The molecule has 0 atom stereocenters. The van der Waals surface area contributed by atoms with Gasteiger partial charge < -0.3 is 20.3 Å². The zero-order valence-corrected chi connectivity index (χ0v) is 14.0. The third-order valence-corrected chi connectivity index (χ3v) is 2.85. The van der Waals surface area contributed by atoms with Crippen molar-refractivity contribution in [1.82, 2.24) is 5.32 Å².